The highest BCUT2D eigenvalue weighted by Crippen LogP contribution is 2.42. The zero-order valence-electron chi connectivity index (χ0n) is 19.8. The van der Waals surface area contributed by atoms with Crippen molar-refractivity contribution in [1.29, 1.82) is 0 Å². The third-order valence-electron chi connectivity index (χ3n) is 5.16. The number of ether oxygens (including phenoxy) is 1. The summed E-state index contributed by atoms with van der Waals surface area (Å²) in [5.74, 6) is -1.29. The van der Waals surface area contributed by atoms with Crippen molar-refractivity contribution in [2.24, 2.45) is 5.92 Å². The molecule has 192 valence electrons. The number of hydrogen-bond acceptors (Lipinski definition) is 6. The molecule has 0 saturated carbocycles. The van der Waals surface area contributed by atoms with E-state index in [1.54, 1.807) is 25.1 Å². The van der Waals surface area contributed by atoms with Gasteiger partial charge in [-0.2, -0.15) is 18.2 Å². The Morgan fingerprint density at radius 2 is 1.81 bits per heavy atom. The van der Waals surface area contributed by atoms with Crippen molar-refractivity contribution < 1.29 is 31.1 Å². The van der Waals surface area contributed by atoms with Crippen LogP contribution >= 0.6 is 11.6 Å². The van der Waals surface area contributed by atoms with Gasteiger partial charge in [-0.25, -0.2) is 22.9 Å². The molecule has 0 bridgehead atoms. The summed E-state index contributed by atoms with van der Waals surface area (Å²) < 4.78 is 74.8. The molecule has 0 radical (unpaired) electrons. The zero-order chi connectivity index (χ0) is 26.8. The lowest BCUT2D eigenvalue weighted by Gasteiger charge is -2.20. The smallest absolute Gasteiger partial charge is 0.421 e. The van der Waals surface area contributed by atoms with Crippen LogP contribution in [-0.2, 0) is 27.4 Å². The highest BCUT2D eigenvalue weighted by molar-refractivity contribution is 7.92. The van der Waals surface area contributed by atoms with Crippen LogP contribution in [0.3, 0.4) is 0 Å². The Morgan fingerprint density at radius 1 is 1.14 bits per heavy atom. The number of alkyl halides is 3. The normalized spacial score (nSPS) is 12.0. The van der Waals surface area contributed by atoms with E-state index < -0.39 is 44.5 Å². The maximum atomic E-state index is 14.1. The van der Waals surface area contributed by atoms with Crippen LogP contribution in [0.5, 0.6) is 0 Å². The number of carbonyl (C=O) groups excluding carboxylic acids is 1. The molecule has 7 nitrogen and oxygen atoms in total. The number of rotatable bonds is 7. The van der Waals surface area contributed by atoms with Gasteiger partial charge in [0, 0.05) is 5.56 Å². The number of halogens is 4. The summed E-state index contributed by atoms with van der Waals surface area (Å²) >= 11 is 5.97. The molecule has 3 rings (SSSR count). The Morgan fingerprint density at radius 3 is 2.42 bits per heavy atom. The average molecular weight is 542 g/mol. The largest absolute Gasteiger partial charge is 0.465 e. The van der Waals surface area contributed by atoms with Crippen molar-refractivity contribution in [3.63, 3.8) is 0 Å². The quantitative estimate of drug-likeness (QED) is 0.295. The van der Waals surface area contributed by atoms with Gasteiger partial charge in [-0.1, -0.05) is 49.7 Å². The van der Waals surface area contributed by atoms with E-state index in [-0.39, 0.29) is 21.9 Å². The number of nitrogens with zero attached hydrogens (tertiary/aromatic N) is 2. The van der Waals surface area contributed by atoms with Gasteiger partial charge in [0.15, 0.2) is 0 Å². The first-order valence-corrected chi connectivity index (χ1v) is 12.6. The van der Waals surface area contributed by atoms with Gasteiger partial charge in [-0.05, 0) is 48.6 Å². The molecule has 0 aliphatic heterocycles. The first-order valence-electron chi connectivity index (χ1n) is 10.7. The number of methoxy groups -OCH3 is 1. The summed E-state index contributed by atoms with van der Waals surface area (Å²) in [6, 6.07) is 9.98. The summed E-state index contributed by atoms with van der Waals surface area (Å²) in [5.41, 5.74) is -0.518. The molecule has 0 atom stereocenters. The monoisotopic (exact) mass is 541 g/mol. The molecule has 1 heterocycles. The van der Waals surface area contributed by atoms with Crippen LogP contribution in [0, 0.1) is 12.8 Å². The van der Waals surface area contributed by atoms with Crippen molar-refractivity contribution in [2.45, 2.75) is 38.3 Å². The van der Waals surface area contributed by atoms with Gasteiger partial charge < -0.3 is 4.74 Å². The predicted molar refractivity (Wildman–Crippen MR) is 129 cm³/mol. The lowest BCUT2D eigenvalue weighted by molar-refractivity contribution is -0.137. The molecule has 12 heteroatoms. The van der Waals surface area contributed by atoms with Crippen molar-refractivity contribution in [2.75, 3.05) is 11.8 Å². The van der Waals surface area contributed by atoms with Crippen LogP contribution < -0.4 is 4.72 Å². The van der Waals surface area contributed by atoms with Crippen LogP contribution in [0.15, 0.2) is 47.4 Å². The standard InChI is InChI=1S/C24H23ClF3N3O4S/c1-13(2)11-15-8-5-7-14(3)18(15)20-19(24(26,27)28)21(25)30-23(29-20)31-36(33,34)17-10-6-9-16(12-17)22(32)35-4/h5-10,12-13H,11H2,1-4H3,(H,29,30,31). The molecule has 1 N–H and O–H groups in total. The van der Waals surface area contributed by atoms with Crippen molar-refractivity contribution >= 4 is 33.5 Å². The van der Waals surface area contributed by atoms with E-state index in [0.717, 1.165) is 13.2 Å². The molecule has 3 aromatic rings. The topological polar surface area (TPSA) is 98.2 Å². The Bertz CT molecular complexity index is 1410. The number of nitrogens with one attached hydrogen (secondary N) is 1. The van der Waals surface area contributed by atoms with E-state index in [2.05, 4.69) is 19.4 Å². The van der Waals surface area contributed by atoms with Crippen LogP contribution in [-0.4, -0.2) is 31.5 Å². The Kier molecular flexibility index (Phi) is 7.94. The molecule has 0 fully saturated rings. The fourth-order valence-electron chi connectivity index (χ4n) is 3.68. The molecule has 0 saturated heterocycles. The van der Waals surface area contributed by atoms with Gasteiger partial charge in [0.1, 0.15) is 10.7 Å². The van der Waals surface area contributed by atoms with E-state index in [1.807, 2.05) is 13.8 Å². The lowest BCUT2D eigenvalue weighted by atomic mass is 9.91. The third kappa shape index (κ3) is 5.96. The molecular weight excluding hydrogens is 519 g/mol. The number of benzene rings is 2. The highest BCUT2D eigenvalue weighted by atomic mass is 35.5. The van der Waals surface area contributed by atoms with Gasteiger partial charge in [0.05, 0.1) is 23.3 Å². The average Bonchev–Trinajstić information content (AvgIpc) is 2.76. The Balaban J connectivity index is 2.19. The fraction of sp³-hybridized carbons (Fsp3) is 0.292. The van der Waals surface area contributed by atoms with E-state index in [0.29, 0.717) is 17.5 Å². The molecule has 36 heavy (non-hydrogen) atoms. The van der Waals surface area contributed by atoms with E-state index in [9.17, 15) is 26.4 Å². The minimum atomic E-state index is -4.91. The minimum Gasteiger partial charge on any atom is -0.465 e. The van der Waals surface area contributed by atoms with Gasteiger partial charge in [-0.3, -0.25) is 0 Å². The molecule has 0 spiro atoms. The SMILES string of the molecule is COC(=O)c1cccc(S(=O)(=O)Nc2nc(Cl)c(C(F)(F)F)c(-c3c(C)cccc3CC(C)C)n2)c1. The molecule has 2 aromatic carbocycles. The second-order valence-corrected chi connectivity index (χ2v) is 10.4. The van der Waals surface area contributed by atoms with Crippen LogP contribution in [0.25, 0.3) is 11.3 Å². The van der Waals surface area contributed by atoms with Crippen LogP contribution in [0.4, 0.5) is 19.1 Å². The fourth-order valence-corrected chi connectivity index (χ4v) is 4.94. The van der Waals surface area contributed by atoms with Crippen molar-refractivity contribution in [3.8, 4) is 11.3 Å². The maximum Gasteiger partial charge on any atom is 0.421 e. The van der Waals surface area contributed by atoms with E-state index >= 15 is 0 Å². The first kappa shape index (κ1) is 27.4. The lowest BCUT2D eigenvalue weighted by Crippen LogP contribution is -2.19. The Labute approximate surface area is 211 Å². The Hall–Kier alpha value is -3.18. The maximum absolute atomic E-state index is 14.1. The first-order chi connectivity index (χ1) is 16.7. The molecular formula is C24H23ClF3N3O4S. The predicted octanol–water partition coefficient (Wildman–Crippen LogP) is 5.91. The number of carbonyl (C=O) groups is 1. The van der Waals surface area contributed by atoms with Crippen molar-refractivity contribution in [3.05, 3.63) is 69.9 Å². The van der Waals surface area contributed by atoms with E-state index in [1.165, 1.54) is 18.2 Å². The van der Waals surface area contributed by atoms with E-state index in [4.69, 9.17) is 11.6 Å². The summed E-state index contributed by atoms with van der Waals surface area (Å²) in [6.07, 6.45) is -4.45. The number of esters is 1. The highest BCUT2D eigenvalue weighted by Gasteiger charge is 2.40. The second kappa shape index (κ2) is 10.4. The van der Waals surface area contributed by atoms with Gasteiger partial charge in [-0.15, -0.1) is 0 Å². The van der Waals surface area contributed by atoms with Crippen LogP contribution in [0.1, 0.15) is 40.9 Å². The van der Waals surface area contributed by atoms with Gasteiger partial charge in [0.2, 0.25) is 5.95 Å². The number of anilines is 1. The molecule has 0 amide bonds. The molecule has 0 unspecified atom stereocenters. The summed E-state index contributed by atoms with van der Waals surface area (Å²) in [5, 5.41) is -0.952. The van der Waals surface area contributed by atoms with Crippen molar-refractivity contribution in [1.82, 2.24) is 9.97 Å². The minimum absolute atomic E-state index is 0.0364. The number of aromatic nitrogens is 2. The molecule has 0 aliphatic carbocycles. The zero-order valence-corrected chi connectivity index (χ0v) is 21.3. The number of sulfonamides is 1. The molecule has 0 aliphatic rings. The summed E-state index contributed by atoms with van der Waals surface area (Å²) in [7, 11) is -3.26. The van der Waals surface area contributed by atoms with Crippen LogP contribution in [0.2, 0.25) is 5.15 Å². The summed E-state index contributed by atoms with van der Waals surface area (Å²) in [4.78, 5) is 19.0. The number of aryl methyl sites for hydroxylation is 1. The number of hydrogen-bond donors (Lipinski definition) is 1. The second-order valence-electron chi connectivity index (χ2n) is 8.39. The summed E-state index contributed by atoms with van der Waals surface area (Å²) in [6.45, 7) is 5.48. The van der Waals surface area contributed by atoms with Gasteiger partial charge >= 0.3 is 12.1 Å². The van der Waals surface area contributed by atoms with Gasteiger partial charge in [0.25, 0.3) is 10.0 Å². The molecule has 1 aromatic heterocycles. The third-order valence-corrected chi connectivity index (χ3v) is 6.76.